The Kier molecular flexibility index (Phi) is 1.70. The quantitative estimate of drug-likeness (QED) is 0.623. The van der Waals surface area contributed by atoms with Crippen molar-refractivity contribution in [3.8, 4) is 0 Å². The number of rotatable bonds is 0. The summed E-state index contributed by atoms with van der Waals surface area (Å²) in [7, 11) is 0. The third-order valence-corrected chi connectivity index (χ3v) is 1.86. The minimum atomic E-state index is -1.63. The first kappa shape index (κ1) is 8.61. The van der Waals surface area contributed by atoms with Crippen LogP contribution in [-0.4, -0.2) is 9.58 Å². The average Bonchev–Trinajstić information content (AvgIpc) is 2.23. The second kappa shape index (κ2) is 2.76. The first-order valence-electron chi connectivity index (χ1n) is 3.72. The lowest BCUT2D eigenvalue weighted by Gasteiger charge is -1.99. The van der Waals surface area contributed by atoms with Gasteiger partial charge in [0.1, 0.15) is 0 Å². The molecule has 14 heavy (non-hydrogen) atoms. The number of aromatic nitrogens is 2. The van der Waals surface area contributed by atoms with E-state index in [0.29, 0.717) is 0 Å². The van der Waals surface area contributed by atoms with Crippen LogP contribution in [0.5, 0.6) is 0 Å². The van der Waals surface area contributed by atoms with E-state index in [-0.39, 0.29) is 10.9 Å². The summed E-state index contributed by atoms with van der Waals surface area (Å²) in [5.74, 6) is 0. The molecule has 0 aliphatic carbocycles. The zero-order valence-corrected chi connectivity index (χ0v) is 6.78. The molecule has 0 spiro atoms. The van der Waals surface area contributed by atoms with Crippen LogP contribution in [0, 0.1) is 0 Å². The van der Waals surface area contributed by atoms with Gasteiger partial charge < -0.3 is 0 Å². The van der Waals surface area contributed by atoms with Gasteiger partial charge in [-0.05, 0) is 12.1 Å². The van der Waals surface area contributed by atoms with Crippen molar-refractivity contribution in [1.29, 1.82) is 0 Å². The van der Waals surface area contributed by atoms with Gasteiger partial charge in [0.05, 0.1) is 10.9 Å². The molecule has 0 unspecified atom stereocenters. The number of para-hydroxylation sites is 1. The van der Waals surface area contributed by atoms with Crippen molar-refractivity contribution in [3.05, 3.63) is 45.1 Å². The van der Waals surface area contributed by atoms with Gasteiger partial charge in [-0.25, -0.2) is 4.79 Å². The molecule has 0 saturated heterocycles. The molecule has 0 radical (unpaired) electrons. The highest BCUT2D eigenvalue weighted by molar-refractivity contribution is 5.77. The van der Waals surface area contributed by atoms with Crippen LogP contribution >= 0.6 is 0 Å². The Balaban J connectivity index is 3.19. The summed E-state index contributed by atoms with van der Waals surface area (Å²) in [5.41, 5.74) is -3.02. The highest BCUT2D eigenvalue weighted by Crippen LogP contribution is 2.06. The molecule has 0 saturated carbocycles. The smallest absolute Gasteiger partial charge is 0.266 e. The fourth-order valence-corrected chi connectivity index (χ4v) is 1.20. The molecule has 0 aliphatic rings. The van der Waals surface area contributed by atoms with Gasteiger partial charge in [-0.1, -0.05) is 25.9 Å². The standard InChI is InChI=1S/C8H4F2N2O2/c9-11-6-4-2-1-3-5(6)7(13)12(10)8(11)14/h1-4H. The van der Waals surface area contributed by atoms with Crippen molar-refractivity contribution < 1.29 is 8.96 Å². The van der Waals surface area contributed by atoms with Crippen LogP contribution in [0.25, 0.3) is 10.9 Å². The van der Waals surface area contributed by atoms with Crippen LogP contribution in [0.3, 0.4) is 0 Å². The molecule has 4 nitrogen and oxygen atoms in total. The summed E-state index contributed by atoms with van der Waals surface area (Å²) in [6.45, 7) is 0. The minimum Gasteiger partial charge on any atom is -0.266 e. The Hall–Kier alpha value is -1.98. The lowest BCUT2D eigenvalue weighted by atomic mass is 10.2. The number of fused-ring (bicyclic) bond motifs is 1. The molecule has 0 bridgehead atoms. The van der Waals surface area contributed by atoms with E-state index in [0.717, 1.165) is 0 Å². The normalized spacial score (nSPS) is 10.7. The van der Waals surface area contributed by atoms with Crippen molar-refractivity contribution >= 4 is 10.9 Å². The van der Waals surface area contributed by atoms with Crippen LogP contribution < -0.4 is 11.2 Å². The number of benzene rings is 1. The van der Waals surface area contributed by atoms with Gasteiger partial charge in [-0.2, -0.15) is 0 Å². The van der Waals surface area contributed by atoms with Gasteiger partial charge >= 0.3 is 5.69 Å². The Morgan fingerprint density at radius 1 is 1.00 bits per heavy atom. The monoisotopic (exact) mass is 198 g/mol. The predicted octanol–water partition coefficient (Wildman–Crippen LogP) is 0.628. The second-order valence-corrected chi connectivity index (χ2v) is 2.67. The van der Waals surface area contributed by atoms with Crippen LogP contribution in [0.15, 0.2) is 33.9 Å². The van der Waals surface area contributed by atoms with E-state index in [1.54, 1.807) is 0 Å². The molecule has 0 N–H and O–H groups in total. The molecule has 6 heteroatoms. The third kappa shape index (κ3) is 0.968. The summed E-state index contributed by atoms with van der Waals surface area (Å²) in [4.78, 5) is 20.7. The Labute approximate surface area is 75.5 Å². The Morgan fingerprint density at radius 2 is 1.64 bits per heavy atom. The SMILES string of the molecule is O=c1c2ccccc2n(F)c(=O)n1F. The highest BCUT2D eigenvalue weighted by atomic mass is 19.2. The van der Waals surface area contributed by atoms with E-state index in [9.17, 15) is 18.6 Å². The van der Waals surface area contributed by atoms with Crippen LogP contribution in [0.2, 0.25) is 0 Å². The molecular weight excluding hydrogens is 194 g/mol. The Bertz CT molecular complexity index is 615. The molecule has 0 aliphatic heterocycles. The second-order valence-electron chi connectivity index (χ2n) is 2.67. The molecule has 0 fully saturated rings. The molecule has 0 amide bonds. The van der Waals surface area contributed by atoms with Gasteiger partial charge in [-0.15, -0.1) is 4.79 Å². The van der Waals surface area contributed by atoms with E-state index in [4.69, 9.17) is 0 Å². The minimum absolute atomic E-state index is 0.183. The number of nitrogens with zero attached hydrogens (tertiary/aromatic N) is 2. The highest BCUT2D eigenvalue weighted by Gasteiger charge is 2.11. The number of hydrogen-bond acceptors (Lipinski definition) is 2. The first-order chi connectivity index (χ1) is 6.63. The van der Waals surface area contributed by atoms with E-state index < -0.39 is 20.8 Å². The Morgan fingerprint density at radius 3 is 2.36 bits per heavy atom. The van der Waals surface area contributed by atoms with Crippen LogP contribution in [-0.2, 0) is 0 Å². The van der Waals surface area contributed by atoms with Crippen molar-refractivity contribution in [2.24, 2.45) is 0 Å². The van der Waals surface area contributed by atoms with E-state index in [2.05, 4.69) is 0 Å². The first-order valence-corrected chi connectivity index (χ1v) is 3.72. The van der Waals surface area contributed by atoms with Crippen molar-refractivity contribution in [1.82, 2.24) is 9.58 Å². The van der Waals surface area contributed by atoms with Gasteiger partial charge in [0.2, 0.25) is 0 Å². The van der Waals surface area contributed by atoms with E-state index in [1.807, 2.05) is 0 Å². The van der Waals surface area contributed by atoms with E-state index >= 15 is 0 Å². The molecule has 72 valence electrons. The van der Waals surface area contributed by atoms with Gasteiger partial charge in [0, 0.05) is 0 Å². The zero-order valence-electron chi connectivity index (χ0n) is 6.78. The van der Waals surface area contributed by atoms with Crippen molar-refractivity contribution in [2.75, 3.05) is 0 Å². The molecule has 2 aromatic rings. The molecular formula is C8H4F2N2O2. The predicted molar refractivity (Wildman–Crippen MR) is 45.5 cm³/mol. The van der Waals surface area contributed by atoms with Crippen LogP contribution in [0.1, 0.15) is 0 Å². The maximum Gasteiger partial charge on any atom is 0.388 e. The molecule has 2 rings (SSSR count). The largest absolute Gasteiger partial charge is 0.388 e. The molecule has 0 atom stereocenters. The van der Waals surface area contributed by atoms with Crippen molar-refractivity contribution in [2.45, 2.75) is 0 Å². The fraction of sp³-hybridized carbons (Fsp3) is 0. The van der Waals surface area contributed by atoms with Crippen LogP contribution in [0.4, 0.5) is 8.96 Å². The molecule has 1 aromatic heterocycles. The van der Waals surface area contributed by atoms with Gasteiger partial charge in [0.15, 0.2) is 0 Å². The van der Waals surface area contributed by atoms with Gasteiger partial charge in [-0.3, -0.25) is 4.79 Å². The lowest BCUT2D eigenvalue weighted by Crippen LogP contribution is -2.33. The molecule has 1 heterocycles. The summed E-state index contributed by atoms with van der Waals surface area (Å²) < 4.78 is 25.8. The summed E-state index contributed by atoms with van der Waals surface area (Å²) >= 11 is 0. The topological polar surface area (TPSA) is 44.0 Å². The third-order valence-electron chi connectivity index (χ3n) is 1.86. The summed E-state index contributed by atoms with van der Waals surface area (Å²) in [6.07, 6.45) is 0. The number of halogens is 2. The van der Waals surface area contributed by atoms with Crippen molar-refractivity contribution in [3.63, 3.8) is 0 Å². The molecule has 1 aromatic carbocycles. The average molecular weight is 198 g/mol. The van der Waals surface area contributed by atoms with E-state index in [1.165, 1.54) is 24.3 Å². The fourth-order valence-electron chi connectivity index (χ4n) is 1.20. The summed E-state index contributed by atoms with van der Waals surface area (Å²) in [5, 5.41) is -0.183. The summed E-state index contributed by atoms with van der Waals surface area (Å²) in [6, 6.07) is 5.36. The number of hydrogen-bond donors (Lipinski definition) is 0. The maximum absolute atomic E-state index is 13.0. The zero-order chi connectivity index (χ0) is 10.3. The maximum atomic E-state index is 13.0. The van der Waals surface area contributed by atoms with Gasteiger partial charge in [0.25, 0.3) is 5.56 Å². The lowest BCUT2D eigenvalue weighted by molar-refractivity contribution is 0.272.